The molecule has 0 aliphatic heterocycles. The van der Waals surface area contributed by atoms with Gasteiger partial charge < -0.3 is 10.1 Å². The topological polar surface area (TPSA) is 69.0 Å². The number of ether oxygens (including phenoxy) is 1. The highest BCUT2D eigenvalue weighted by Crippen LogP contribution is 2.14. The number of amides is 1. The lowest BCUT2D eigenvalue weighted by Gasteiger charge is -2.05. The molecule has 25 heavy (non-hydrogen) atoms. The molecule has 1 heterocycles. The van der Waals surface area contributed by atoms with E-state index in [4.69, 9.17) is 4.74 Å². The summed E-state index contributed by atoms with van der Waals surface area (Å²) in [5, 5.41) is 10.9. The zero-order valence-corrected chi connectivity index (χ0v) is 14.5. The minimum Gasteiger partial charge on any atom is -0.497 e. The highest BCUT2D eigenvalue weighted by Gasteiger charge is 2.11. The van der Waals surface area contributed by atoms with Crippen molar-refractivity contribution in [2.45, 2.75) is 20.4 Å². The summed E-state index contributed by atoms with van der Waals surface area (Å²) < 4.78 is 6.72. The summed E-state index contributed by atoms with van der Waals surface area (Å²) in [6, 6.07) is 13.5. The van der Waals surface area contributed by atoms with Crippen LogP contribution in [-0.2, 0) is 6.54 Å². The van der Waals surface area contributed by atoms with E-state index in [2.05, 4.69) is 22.6 Å². The van der Waals surface area contributed by atoms with Crippen molar-refractivity contribution in [3.63, 3.8) is 0 Å². The van der Waals surface area contributed by atoms with Crippen LogP contribution in [0.1, 0.15) is 27.2 Å². The van der Waals surface area contributed by atoms with E-state index in [1.165, 1.54) is 11.1 Å². The molecule has 0 spiro atoms. The van der Waals surface area contributed by atoms with E-state index < -0.39 is 0 Å². The zero-order valence-electron chi connectivity index (χ0n) is 14.5. The third kappa shape index (κ3) is 3.85. The summed E-state index contributed by atoms with van der Waals surface area (Å²) in [4.78, 5) is 12.3. The lowest BCUT2D eigenvalue weighted by atomic mass is 10.1. The summed E-state index contributed by atoms with van der Waals surface area (Å²) in [5.74, 6) is 0.525. The molecule has 1 aromatic heterocycles. The minimum atomic E-state index is -0.258. The predicted molar refractivity (Wildman–Crippen MR) is 95.0 cm³/mol. The number of hydrogen-bond acceptors (Lipinski definition) is 4. The molecule has 0 unspecified atom stereocenters. The van der Waals surface area contributed by atoms with Gasteiger partial charge in [0.2, 0.25) is 0 Å². The van der Waals surface area contributed by atoms with Crippen molar-refractivity contribution in [1.82, 2.24) is 20.3 Å². The molecule has 0 saturated carbocycles. The number of carbonyl (C=O) groups is 1. The SMILES string of the molecule is COc1ccc(CNC(=O)c2cn(-c3ccc(C)c(C)c3)nn2)cc1. The van der Waals surface area contributed by atoms with Crippen molar-refractivity contribution < 1.29 is 9.53 Å². The van der Waals surface area contributed by atoms with Crippen LogP contribution in [0.3, 0.4) is 0 Å². The molecule has 3 rings (SSSR count). The second-order valence-electron chi connectivity index (χ2n) is 5.85. The molecule has 6 heteroatoms. The van der Waals surface area contributed by atoms with Crippen molar-refractivity contribution in [3.05, 3.63) is 71.0 Å². The maximum absolute atomic E-state index is 12.3. The molecule has 0 radical (unpaired) electrons. The van der Waals surface area contributed by atoms with Crippen LogP contribution in [0.5, 0.6) is 5.75 Å². The van der Waals surface area contributed by atoms with Gasteiger partial charge >= 0.3 is 0 Å². The Labute approximate surface area is 146 Å². The Morgan fingerprint density at radius 2 is 1.88 bits per heavy atom. The first-order chi connectivity index (χ1) is 12.1. The Morgan fingerprint density at radius 1 is 1.12 bits per heavy atom. The number of nitrogens with zero attached hydrogens (tertiary/aromatic N) is 3. The van der Waals surface area contributed by atoms with Gasteiger partial charge in [-0.2, -0.15) is 0 Å². The Hall–Kier alpha value is -3.15. The summed E-state index contributed by atoms with van der Waals surface area (Å²) in [5.41, 5.74) is 4.52. The fourth-order valence-corrected chi connectivity index (χ4v) is 2.38. The van der Waals surface area contributed by atoms with Crippen molar-refractivity contribution >= 4 is 5.91 Å². The number of methoxy groups -OCH3 is 1. The number of rotatable bonds is 5. The van der Waals surface area contributed by atoms with Crippen molar-refractivity contribution in [1.29, 1.82) is 0 Å². The molecule has 1 N–H and O–H groups in total. The van der Waals surface area contributed by atoms with Crippen molar-refractivity contribution in [2.75, 3.05) is 7.11 Å². The third-order valence-electron chi connectivity index (χ3n) is 4.09. The molecular weight excluding hydrogens is 316 g/mol. The molecule has 1 amide bonds. The van der Waals surface area contributed by atoms with E-state index in [1.807, 2.05) is 49.4 Å². The second-order valence-corrected chi connectivity index (χ2v) is 5.85. The van der Waals surface area contributed by atoms with Gasteiger partial charge in [0.15, 0.2) is 5.69 Å². The number of aromatic nitrogens is 3. The van der Waals surface area contributed by atoms with Gasteiger partial charge in [0.25, 0.3) is 5.91 Å². The summed E-state index contributed by atoms with van der Waals surface area (Å²) in [6.07, 6.45) is 1.63. The van der Waals surface area contributed by atoms with Gasteiger partial charge in [-0.05, 0) is 54.8 Å². The monoisotopic (exact) mass is 336 g/mol. The van der Waals surface area contributed by atoms with Gasteiger partial charge in [-0.3, -0.25) is 4.79 Å². The maximum atomic E-state index is 12.3. The Bertz CT molecular complexity index is 885. The molecule has 0 saturated heterocycles. The van der Waals surface area contributed by atoms with Crippen molar-refractivity contribution in [3.8, 4) is 11.4 Å². The normalized spacial score (nSPS) is 10.5. The number of nitrogens with one attached hydrogen (secondary N) is 1. The van der Waals surface area contributed by atoms with Gasteiger partial charge in [0.05, 0.1) is 19.0 Å². The number of benzene rings is 2. The quantitative estimate of drug-likeness (QED) is 0.778. The summed E-state index contributed by atoms with van der Waals surface area (Å²) in [6.45, 7) is 4.51. The van der Waals surface area contributed by atoms with Crippen LogP contribution in [0.25, 0.3) is 5.69 Å². The van der Waals surface area contributed by atoms with Crippen molar-refractivity contribution in [2.24, 2.45) is 0 Å². The Morgan fingerprint density at radius 3 is 2.56 bits per heavy atom. The molecule has 0 bridgehead atoms. The smallest absolute Gasteiger partial charge is 0.273 e. The fourth-order valence-electron chi connectivity index (χ4n) is 2.38. The first-order valence-electron chi connectivity index (χ1n) is 7.98. The van der Waals surface area contributed by atoms with Crippen LogP contribution < -0.4 is 10.1 Å². The largest absolute Gasteiger partial charge is 0.497 e. The van der Waals surface area contributed by atoms with Crippen LogP contribution in [0.2, 0.25) is 0 Å². The predicted octanol–water partition coefficient (Wildman–Crippen LogP) is 2.82. The van der Waals surface area contributed by atoms with Gasteiger partial charge in [-0.15, -0.1) is 5.10 Å². The van der Waals surface area contributed by atoms with Gasteiger partial charge in [0, 0.05) is 6.54 Å². The van der Waals surface area contributed by atoms with Gasteiger partial charge in [0.1, 0.15) is 5.75 Å². The van der Waals surface area contributed by atoms with Crippen LogP contribution in [0.15, 0.2) is 48.7 Å². The molecule has 6 nitrogen and oxygen atoms in total. The standard InChI is InChI=1S/C19H20N4O2/c1-13-4-7-16(10-14(13)2)23-12-18(21-22-23)19(24)20-11-15-5-8-17(25-3)9-6-15/h4-10,12H,11H2,1-3H3,(H,20,24). The number of carbonyl (C=O) groups excluding carboxylic acids is 1. The van der Waals surface area contributed by atoms with E-state index in [0.29, 0.717) is 6.54 Å². The Kier molecular flexibility index (Phi) is 4.79. The molecule has 128 valence electrons. The average molecular weight is 336 g/mol. The van der Waals surface area contributed by atoms with Gasteiger partial charge in [-0.25, -0.2) is 4.68 Å². The van der Waals surface area contributed by atoms with E-state index in [1.54, 1.807) is 18.0 Å². The third-order valence-corrected chi connectivity index (χ3v) is 4.09. The highest BCUT2D eigenvalue weighted by molar-refractivity contribution is 5.91. The molecule has 0 atom stereocenters. The fraction of sp³-hybridized carbons (Fsp3) is 0.211. The minimum absolute atomic E-state index is 0.258. The first-order valence-corrected chi connectivity index (χ1v) is 7.98. The molecule has 0 fully saturated rings. The van der Waals surface area contributed by atoms with E-state index >= 15 is 0 Å². The van der Waals surface area contributed by atoms with Crippen LogP contribution in [0.4, 0.5) is 0 Å². The zero-order chi connectivity index (χ0) is 17.8. The van der Waals surface area contributed by atoms with Gasteiger partial charge in [-0.1, -0.05) is 23.4 Å². The number of aryl methyl sites for hydroxylation is 2. The molecule has 2 aromatic carbocycles. The highest BCUT2D eigenvalue weighted by atomic mass is 16.5. The average Bonchev–Trinajstić information content (AvgIpc) is 3.12. The van der Waals surface area contributed by atoms with E-state index in [0.717, 1.165) is 17.0 Å². The molecular formula is C19H20N4O2. The van der Waals surface area contributed by atoms with Crippen LogP contribution >= 0.6 is 0 Å². The molecule has 0 aliphatic rings. The Balaban J connectivity index is 1.66. The van der Waals surface area contributed by atoms with Crippen LogP contribution in [-0.4, -0.2) is 28.0 Å². The van der Waals surface area contributed by atoms with Crippen LogP contribution in [0, 0.1) is 13.8 Å². The maximum Gasteiger partial charge on any atom is 0.273 e. The first kappa shape index (κ1) is 16.7. The lowest BCUT2D eigenvalue weighted by Crippen LogP contribution is -2.23. The summed E-state index contributed by atoms with van der Waals surface area (Å²) >= 11 is 0. The molecule has 0 aliphatic carbocycles. The summed E-state index contributed by atoms with van der Waals surface area (Å²) in [7, 11) is 1.62. The van der Waals surface area contributed by atoms with E-state index in [9.17, 15) is 4.79 Å². The number of hydrogen-bond donors (Lipinski definition) is 1. The second kappa shape index (κ2) is 7.17. The van der Waals surface area contributed by atoms with E-state index in [-0.39, 0.29) is 11.6 Å². The molecule has 3 aromatic rings. The lowest BCUT2D eigenvalue weighted by molar-refractivity contribution is 0.0946.